The topological polar surface area (TPSA) is 53.1 Å². The van der Waals surface area contributed by atoms with Crippen molar-refractivity contribution in [1.29, 1.82) is 0 Å². The zero-order valence-electron chi connectivity index (χ0n) is 9.26. The van der Waals surface area contributed by atoms with E-state index in [9.17, 15) is 0 Å². The molecule has 16 heavy (non-hydrogen) atoms. The standard InChI is InChI=1S/C12H15N3O/c1-16-9-11-4-2-10(3-5-11)8-15-12(13)6-7-14-15/h2-7H,8-9,13H2,1H3. The van der Waals surface area contributed by atoms with Crippen molar-refractivity contribution >= 4 is 5.82 Å². The second-order valence-electron chi connectivity index (χ2n) is 3.66. The zero-order chi connectivity index (χ0) is 11.4. The summed E-state index contributed by atoms with van der Waals surface area (Å²) in [6.45, 7) is 1.34. The van der Waals surface area contributed by atoms with Gasteiger partial charge in [0, 0.05) is 7.11 Å². The first kappa shape index (κ1) is 10.7. The molecule has 0 aliphatic carbocycles. The molecule has 2 aromatic rings. The Hall–Kier alpha value is -1.81. The highest BCUT2D eigenvalue weighted by Crippen LogP contribution is 2.09. The molecular weight excluding hydrogens is 202 g/mol. The number of anilines is 1. The van der Waals surface area contributed by atoms with Crippen molar-refractivity contribution in [3.05, 3.63) is 47.7 Å². The Morgan fingerprint density at radius 3 is 2.44 bits per heavy atom. The minimum Gasteiger partial charge on any atom is -0.384 e. The number of nitrogens with zero attached hydrogens (tertiary/aromatic N) is 2. The van der Waals surface area contributed by atoms with Crippen LogP contribution in [0.2, 0.25) is 0 Å². The summed E-state index contributed by atoms with van der Waals surface area (Å²) in [5, 5.41) is 4.14. The van der Waals surface area contributed by atoms with Gasteiger partial charge in [0.2, 0.25) is 0 Å². The molecule has 0 unspecified atom stereocenters. The Labute approximate surface area is 94.6 Å². The van der Waals surface area contributed by atoms with Crippen molar-refractivity contribution in [2.45, 2.75) is 13.2 Å². The minimum atomic E-state index is 0.643. The Kier molecular flexibility index (Phi) is 3.22. The summed E-state index contributed by atoms with van der Waals surface area (Å²) >= 11 is 0. The third kappa shape index (κ3) is 2.41. The van der Waals surface area contributed by atoms with Gasteiger partial charge in [-0.1, -0.05) is 24.3 Å². The van der Waals surface area contributed by atoms with Crippen LogP contribution in [-0.4, -0.2) is 16.9 Å². The molecule has 0 fully saturated rings. The van der Waals surface area contributed by atoms with E-state index in [1.807, 2.05) is 0 Å². The van der Waals surface area contributed by atoms with Crippen LogP contribution in [0.1, 0.15) is 11.1 Å². The lowest BCUT2D eigenvalue weighted by molar-refractivity contribution is 0.185. The fourth-order valence-electron chi connectivity index (χ4n) is 1.56. The van der Waals surface area contributed by atoms with E-state index in [1.165, 1.54) is 11.1 Å². The molecule has 0 saturated carbocycles. The summed E-state index contributed by atoms with van der Waals surface area (Å²) in [4.78, 5) is 0. The number of benzene rings is 1. The molecule has 4 nitrogen and oxygen atoms in total. The maximum atomic E-state index is 5.75. The first-order chi connectivity index (χ1) is 7.79. The van der Waals surface area contributed by atoms with Gasteiger partial charge < -0.3 is 10.5 Å². The number of methoxy groups -OCH3 is 1. The van der Waals surface area contributed by atoms with Gasteiger partial charge in [-0.3, -0.25) is 0 Å². The van der Waals surface area contributed by atoms with E-state index in [-0.39, 0.29) is 0 Å². The number of nitrogens with two attached hydrogens (primary N) is 1. The van der Waals surface area contributed by atoms with Gasteiger partial charge in [-0.25, -0.2) is 4.68 Å². The first-order valence-electron chi connectivity index (χ1n) is 5.13. The first-order valence-corrected chi connectivity index (χ1v) is 5.13. The molecule has 0 radical (unpaired) electrons. The van der Waals surface area contributed by atoms with Crippen molar-refractivity contribution in [2.75, 3.05) is 12.8 Å². The largest absolute Gasteiger partial charge is 0.384 e. The lowest BCUT2D eigenvalue weighted by Crippen LogP contribution is -2.05. The van der Waals surface area contributed by atoms with Crippen LogP contribution in [0.3, 0.4) is 0 Å². The Morgan fingerprint density at radius 2 is 1.88 bits per heavy atom. The van der Waals surface area contributed by atoms with Crippen molar-refractivity contribution in [3.8, 4) is 0 Å². The molecule has 0 bridgehead atoms. The van der Waals surface area contributed by atoms with Gasteiger partial charge in [0.25, 0.3) is 0 Å². The van der Waals surface area contributed by atoms with Crippen molar-refractivity contribution in [2.24, 2.45) is 0 Å². The van der Waals surface area contributed by atoms with Crippen LogP contribution < -0.4 is 5.73 Å². The van der Waals surface area contributed by atoms with E-state index in [0.717, 1.165) is 0 Å². The normalized spacial score (nSPS) is 10.6. The third-order valence-electron chi connectivity index (χ3n) is 2.42. The lowest BCUT2D eigenvalue weighted by Gasteiger charge is -2.05. The number of hydrogen-bond donors (Lipinski definition) is 1. The van der Waals surface area contributed by atoms with Gasteiger partial charge in [-0.05, 0) is 17.2 Å². The summed E-state index contributed by atoms with van der Waals surface area (Å²) < 4.78 is 6.82. The van der Waals surface area contributed by atoms with Crippen LogP contribution in [0.25, 0.3) is 0 Å². The van der Waals surface area contributed by atoms with E-state index in [2.05, 4.69) is 29.4 Å². The molecule has 84 valence electrons. The Bertz CT molecular complexity index is 448. The maximum absolute atomic E-state index is 5.75. The number of ether oxygens (including phenoxy) is 1. The van der Waals surface area contributed by atoms with Crippen LogP contribution >= 0.6 is 0 Å². The van der Waals surface area contributed by atoms with E-state index in [1.54, 1.807) is 24.1 Å². The van der Waals surface area contributed by atoms with E-state index in [0.29, 0.717) is 19.0 Å². The molecular formula is C12H15N3O. The van der Waals surface area contributed by atoms with Crippen LogP contribution in [0.5, 0.6) is 0 Å². The smallest absolute Gasteiger partial charge is 0.122 e. The van der Waals surface area contributed by atoms with Gasteiger partial charge in [0.15, 0.2) is 0 Å². The summed E-state index contributed by atoms with van der Waals surface area (Å²) in [5.41, 5.74) is 8.09. The fourth-order valence-corrected chi connectivity index (χ4v) is 1.56. The number of rotatable bonds is 4. The van der Waals surface area contributed by atoms with Crippen LogP contribution in [0, 0.1) is 0 Å². The molecule has 1 aromatic carbocycles. The Morgan fingerprint density at radius 1 is 1.19 bits per heavy atom. The summed E-state index contributed by atoms with van der Waals surface area (Å²) in [6, 6.07) is 10.0. The zero-order valence-corrected chi connectivity index (χ0v) is 9.26. The maximum Gasteiger partial charge on any atom is 0.122 e. The predicted octanol–water partition coefficient (Wildman–Crippen LogP) is 1.66. The number of hydrogen-bond acceptors (Lipinski definition) is 3. The van der Waals surface area contributed by atoms with Crippen molar-refractivity contribution < 1.29 is 4.74 Å². The molecule has 0 atom stereocenters. The highest BCUT2D eigenvalue weighted by atomic mass is 16.5. The third-order valence-corrected chi connectivity index (χ3v) is 2.42. The van der Waals surface area contributed by atoms with E-state index < -0.39 is 0 Å². The lowest BCUT2D eigenvalue weighted by atomic mass is 10.1. The second kappa shape index (κ2) is 4.81. The molecule has 4 heteroatoms. The van der Waals surface area contributed by atoms with Crippen molar-refractivity contribution in [3.63, 3.8) is 0 Å². The van der Waals surface area contributed by atoms with Gasteiger partial charge in [-0.2, -0.15) is 5.10 Å². The Balaban J connectivity index is 2.08. The fraction of sp³-hybridized carbons (Fsp3) is 0.250. The molecule has 2 rings (SSSR count). The number of aromatic nitrogens is 2. The molecule has 1 aromatic heterocycles. The summed E-state index contributed by atoms with van der Waals surface area (Å²) in [7, 11) is 1.69. The van der Waals surface area contributed by atoms with E-state index in [4.69, 9.17) is 10.5 Å². The second-order valence-corrected chi connectivity index (χ2v) is 3.66. The van der Waals surface area contributed by atoms with Gasteiger partial charge in [0.05, 0.1) is 19.3 Å². The SMILES string of the molecule is COCc1ccc(Cn2nccc2N)cc1. The molecule has 1 heterocycles. The number of nitrogen functional groups attached to an aromatic ring is 1. The van der Waals surface area contributed by atoms with Gasteiger partial charge in [-0.15, -0.1) is 0 Å². The molecule has 0 aliphatic heterocycles. The molecule has 2 N–H and O–H groups in total. The summed E-state index contributed by atoms with van der Waals surface area (Å²) in [6.07, 6.45) is 1.70. The average Bonchev–Trinajstić information content (AvgIpc) is 2.68. The molecule has 0 saturated heterocycles. The molecule has 0 amide bonds. The van der Waals surface area contributed by atoms with Crippen LogP contribution in [0.4, 0.5) is 5.82 Å². The minimum absolute atomic E-state index is 0.643. The van der Waals surface area contributed by atoms with Crippen molar-refractivity contribution in [1.82, 2.24) is 9.78 Å². The summed E-state index contributed by atoms with van der Waals surface area (Å²) in [5.74, 6) is 0.681. The van der Waals surface area contributed by atoms with Crippen LogP contribution in [-0.2, 0) is 17.9 Å². The van der Waals surface area contributed by atoms with E-state index >= 15 is 0 Å². The average molecular weight is 217 g/mol. The van der Waals surface area contributed by atoms with Gasteiger partial charge >= 0.3 is 0 Å². The van der Waals surface area contributed by atoms with Crippen LogP contribution in [0.15, 0.2) is 36.5 Å². The molecule has 0 spiro atoms. The highest BCUT2D eigenvalue weighted by Gasteiger charge is 1.99. The van der Waals surface area contributed by atoms with Gasteiger partial charge in [0.1, 0.15) is 5.82 Å². The predicted molar refractivity (Wildman–Crippen MR) is 62.9 cm³/mol. The highest BCUT2D eigenvalue weighted by molar-refractivity contribution is 5.28. The monoisotopic (exact) mass is 217 g/mol. The molecule has 0 aliphatic rings. The quantitative estimate of drug-likeness (QED) is 0.847.